The largest absolute Gasteiger partial charge is 0.338 e. The van der Waals surface area contributed by atoms with Crippen LogP contribution in [0.3, 0.4) is 0 Å². The normalized spacial score (nSPS) is 23.0. The summed E-state index contributed by atoms with van der Waals surface area (Å²) in [6.07, 6.45) is 1.29. The second kappa shape index (κ2) is 6.40. The van der Waals surface area contributed by atoms with Crippen LogP contribution in [0.5, 0.6) is 0 Å². The van der Waals surface area contributed by atoms with Crippen LogP contribution in [0.15, 0.2) is 24.3 Å². The molecule has 1 aromatic carbocycles. The minimum absolute atomic E-state index is 0.0394. The Labute approximate surface area is 146 Å². The van der Waals surface area contributed by atoms with E-state index < -0.39 is 27.0 Å². The molecule has 3 rings (SSSR count). The van der Waals surface area contributed by atoms with Crippen molar-refractivity contribution >= 4 is 27.3 Å². The number of hydrogen-bond acceptors (Lipinski definition) is 4. The van der Waals surface area contributed by atoms with Crippen molar-refractivity contribution < 1.29 is 22.4 Å². The molecule has 2 amide bonds. The van der Waals surface area contributed by atoms with Gasteiger partial charge >= 0.3 is 0 Å². The van der Waals surface area contributed by atoms with Crippen molar-refractivity contribution in [3.8, 4) is 0 Å². The van der Waals surface area contributed by atoms with Crippen LogP contribution in [0.4, 0.5) is 10.1 Å². The number of nitrogens with zero attached hydrogens (tertiary/aromatic N) is 1. The Hall–Kier alpha value is -1.96. The lowest BCUT2D eigenvalue weighted by atomic mass is 10.0. The quantitative estimate of drug-likeness (QED) is 0.800. The number of benzene rings is 1. The van der Waals surface area contributed by atoms with E-state index in [2.05, 4.69) is 5.32 Å². The minimum Gasteiger partial charge on any atom is -0.338 e. The van der Waals surface area contributed by atoms with E-state index in [1.54, 1.807) is 6.92 Å². The SMILES string of the molecule is CCN(C(=O)C1(C(=O)Nc2ccc(F)cc2)CC1)C1CCS(=O)(=O)C1. The number of halogens is 1. The van der Waals surface area contributed by atoms with Gasteiger partial charge in [-0.25, -0.2) is 12.8 Å². The standard InChI is InChI=1S/C17H21FN2O4S/c1-2-20(14-7-10-25(23,24)11-14)16(22)17(8-9-17)15(21)19-13-5-3-12(18)4-6-13/h3-6,14H,2,7-11H2,1H3,(H,19,21). The molecule has 1 aliphatic heterocycles. The molecule has 1 unspecified atom stereocenters. The summed E-state index contributed by atoms with van der Waals surface area (Å²) >= 11 is 0. The maximum Gasteiger partial charge on any atom is 0.240 e. The van der Waals surface area contributed by atoms with E-state index in [-0.39, 0.29) is 23.5 Å². The van der Waals surface area contributed by atoms with Crippen LogP contribution in [0.2, 0.25) is 0 Å². The summed E-state index contributed by atoms with van der Waals surface area (Å²) in [6.45, 7) is 2.15. The fourth-order valence-electron chi connectivity index (χ4n) is 3.31. The molecule has 8 heteroatoms. The third-order valence-electron chi connectivity index (χ3n) is 4.95. The first kappa shape index (κ1) is 17.8. The van der Waals surface area contributed by atoms with E-state index in [0.717, 1.165) is 0 Å². The second-order valence-corrected chi connectivity index (χ2v) is 8.92. The van der Waals surface area contributed by atoms with E-state index >= 15 is 0 Å². The molecule has 6 nitrogen and oxygen atoms in total. The first-order valence-electron chi connectivity index (χ1n) is 8.36. The first-order chi connectivity index (χ1) is 11.8. The lowest BCUT2D eigenvalue weighted by Crippen LogP contribution is -2.48. The molecule has 0 radical (unpaired) electrons. The Kier molecular flexibility index (Phi) is 4.57. The number of carbonyl (C=O) groups excluding carboxylic acids is 2. The maximum absolute atomic E-state index is 13.0. The zero-order valence-electron chi connectivity index (χ0n) is 14.0. The first-order valence-corrected chi connectivity index (χ1v) is 10.2. The highest BCUT2D eigenvalue weighted by molar-refractivity contribution is 7.91. The van der Waals surface area contributed by atoms with Gasteiger partial charge in [0.25, 0.3) is 0 Å². The Morgan fingerprint density at radius 3 is 2.40 bits per heavy atom. The van der Waals surface area contributed by atoms with Gasteiger partial charge in [0.2, 0.25) is 11.8 Å². The number of hydrogen-bond donors (Lipinski definition) is 1. The highest BCUT2D eigenvalue weighted by atomic mass is 32.2. The average Bonchev–Trinajstić information content (AvgIpc) is 3.30. The third-order valence-corrected chi connectivity index (χ3v) is 6.70. The predicted octanol–water partition coefficient (Wildman–Crippen LogP) is 1.58. The van der Waals surface area contributed by atoms with Crippen molar-refractivity contribution in [3.63, 3.8) is 0 Å². The average molecular weight is 368 g/mol. The molecule has 0 spiro atoms. The number of sulfone groups is 1. The van der Waals surface area contributed by atoms with Gasteiger partial charge < -0.3 is 10.2 Å². The van der Waals surface area contributed by atoms with Crippen LogP contribution in [0.1, 0.15) is 26.2 Å². The molecule has 2 fully saturated rings. The van der Waals surface area contributed by atoms with Gasteiger partial charge in [-0.05, 0) is 50.5 Å². The van der Waals surface area contributed by atoms with Gasteiger partial charge in [-0.1, -0.05) is 0 Å². The van der Waals surface area contributed by atoms with Gasteiger partial charge in [0.15, 0.2) is 9.84 Å². The Morgan fingerprint density at radius 1 is 1.28 bits per heavy atom. The topological polar surface area (TPSA) is 83.6 Å². The van der Waals surface area contributed by atoms with Crippen LogP contribution in [-0.4, -0.2) is 49.2 Å². The monoisotopic (exact) mass is 368 g/mol. The Morgan fingerprint density at radius 2 is 1.92 bits per heavy atom. The molecule has 136 valence electrons. The molecule has 1 saturated heterocycles. The van der Waals surface area contributed by atoms with E-state index in [4.69, 9.17) is 0 Å². The van der Waals surface area contributed by atoms with Crippen LogP contribution in [0, 0.1) is 11.2 Å². The lowest BCUT2D eigenvalue weighted by Gasteiger charge is -2.30. The highest BCUT2D eigenvalue weighted by Crippen LogP contribution is 2.48. The van der Waals surface area contributed by atoms with Crippen molar-refractivity contribution in [2.45, 2.75) is 32.2 Å². The molecule has 0 aromatic heterocycles. The third kappa shape index (κ3) is 3.53. The lowest BCUT2D eigenvalue weighted by molar-refractivity contribution is -0.143. The molecular formula is C17H21FN2O4S. The summed E-state index contributed by atoms with van der Waals surface area (Å²) in [5.41, 5.74) is -0.700. The highest BCUT2D eigenvalue weighted by Gasteiger charge is 2.58. The van der Waals surface area contributed by atoms with E-state index in [0.29, 0.717) is 31.5 Å². The molecule has 1 aliphatic carbocycles. The smallest absolute Gasteiger partial charge is 0.240 e. The molecule has 1 aromatic rings. The fourth-order valence-corrected chi connectivity index (χ4v) is 5.04. The summed E-state index contributed by atoms with van der Waals surface area (Å²) in [5, 5.41) is 2.67. The van der Waals surface area contributed by atoms with Crippen molar-refractivity contribution in [2.24, 2.45) is 5.41 Å². The van der Waals surface area contributed by atoms with Gasteiger partial charge in [0.05, 0.1) is 11.5 Å². The molecule has 1 atom stereocenters. The summed E-state index contributed by atoms with van der Waals surface area (Å²) < 4.78 is 36.4. The Balaban J connectivity index is 1.73. The molecule has 1 heterocycles. The summed E-state index contributed by atoms with van der Waals surface area (Å²) in [5.74, 6) is -1.09. The van der Waals surface area contributed by atoms with Gasteiger partial charge in [-0.15, -0.1) is 0 Å². The number of carbonyl (C=O) groups is 2. The van der Waals surface area contributed by atoms with Crippen LogP contribution >= 0.6 is 0 Å². The van der Waals surface area contributed by atoms with Crippen LogP contribution in [-0.2, 0) is 19.4 Å². The number of rotatable bonds is 5. The zero-order chi connectivity index (χ0) is 18.2. The van der Waals surface area contributed by atoms with Gasteiger partial charge in [0.1, 0.15) is 11.2 Å². The summed E-state index contributed by atoms with van der Waals surface area (Å²) in [6, 6.07) is 4.99. The number of anilines is 1. The van der Waals surface area contributed by atoms with Gasteiger partial charge in [-0.3, -0.25) is 9.59 Å². The van der Waals surface area contributed by atoms with E-state index in [1.165, 1.54) is 29.2 Å². The molecule has 1 saturated carbocycles. The summed E-state index contributed by atoms with van der Waals surface area (Å²) in [7, 11) is -3.11. The Bertz CT molecular complexity index is 787. The number of nitrogens with one attached hydrogen (secondary N) is 1. The number of amides is 2. The molecule has 1 N–H and O–H groups in total. The van der Waals surface area contributed by atoms with Gasteiger partial charge in [-0.2, -0.15) is 0 Å². The van der Waals surface area contributed by atoms with E-state index in [9.17, 15) is 22.4 Å². The van der Waals surface area contributed by atoms with Crippen molar-refractivity contribution in [1.82, 2.24) is 4.90 Å². The maximum atomic E-state index is 13.0. The molecular weight excluding hydrogens is 347 g/mol. The van der Waals surface area contributed by atoms with Crippen LogP contribution in [0.25, 0.3) is 0 Å². The van der Waals surface area contributed by atoms with Crippen LogP contribution < -0.4 is 5.32 Å². The fraction of sp³-hybridized carbons (Fsp3) is 0.529. The second-order valence-electron chi connectivity index (χ2n) is 6.69. The van der Waals surface area contributed by atoms with Gasteiger partial charge in [0, 0.05) is 18.3 Å². The molecule has 25 heavy (non-hydrogen) atoms. The molecule has 2 aliphatic rings. The summed E-state index contributed by atoms with van der Waals surface area (Å²) in [4.78, 5) is 27.1. The van der Waals surface area contributed by atoms with Crippen molar-refractivity contribution in [2.75, 3.05) is 23.4 Å². The zero-order valence-corrected chi connectivity index (χ0v) is 14.8. The predicted molar refractivity (Wildman–Crippen MR) is 91.1 cm³/mol. The van der Waals surface area contributed by atoms with E-state index in [1.807, 2.05) is 0 Å². The molecule has 0 bridgehead atoms. The van der Waals surface area contributed by atoms with Crippen molar-refractivity contribution in [3.05, 3.63) is 30.1 Å². The van der Waals surface area contributed by atoms with Crippen molar-refractivity contribution in [1.29, 1.82) is 0 Å². The minimum atomic E-state index is -3.11.